The first-order valence-corrected chi connectivity index (χ1v) is 8.25. The summed E-state index contributed by atoms with van der Waals surface area (Å²) in [5, 5.41) is 13.7. The molecule has 8 nitrogen and oxygen atoms in total. The molecule has 0 saturated heterocycles. The smallest absolute Gasteiger partial charge is 0.329 e. The molecule has 0 fully saturated rings. The van der Waals surface area contributed by atoms with Gasteiger partial charge in [-0.15, -0.1) is 0 Å². The zero-order valence-corrected chi connectivity index (χ0v) is 15.2. The average Bonchev–Trinajstić information content (AvgIpc) is 2.62. The summed E-state index contributed by atoms with van der Waals surface area (Å²) in [4.78, 5) is 37.5. The molecule has 0 spiro atoms. The van der Waals surface area contributed by atoms with Crippen LogP contribution in [-0.2, 0) is 14.3 Å². The lowest BCUT2D eigenvalue weighted by Gasteiger charge is -2.22. The van der Waals surface area contributed by atoms with Gasteiger partial charge in [0.05, 0.1) is 12.5 Å². The van der Waals surface area contributed by atoms with Gasteiger partial charge in [-0.2, -0.15) is 5.26 Å². The molecule has 0 aromatic heterocycles. The van der Waals surface area contributed by atoms with Crippen LogP contribution in [0.15, 0.2) is 30.3 Å². The van der Waals surface area contributed by atoms with Gasteiger partial charge in [-0.3, -0.25) is 4.79 Å². The predicted molar refractivity (Wildman–Crippen MR) is 96.0 cm³/mol. The maximum Gasteiger partial charge on any atom is 0.329 e. The number of benzene rings is 1. The van der Waals surface area contributed by atoms with Gasteiger partial charge in [-0.25, -0.2) is 9.59 Å². The summed E-state index contributed by atoms with van der Waals surface area (Å²) in [6.45, 7) is 3.34. The molecule has 1 aromatic rings. The van der Waals surface area contributed by atoms with Crippen LogP contribution in [0.4, 0.5) is 10.5 Å². The van der Waals surface area contributed by atoms with E-state index in [9.17, 15) is 14.4 Å². The van der Waals surface area contributed by atoms with Crippen LogP contribution in [0.3, 0.4) is 0 Å². The van der Waals surface area contributed by atoms with E-state index in [2.05, 4.69) is 10.6 Å². The maximum atomic E-state index is 12.2. The maximum absolute atomic E-state index is 12.2. The van der Waals surface area contributed by atoms with Crippen molar-refractivity contribution < 1.29 is 19.1 Å². The van der Waals surface area contributed by atoms with E-state index in [1.54, 1.807) is 38.1 Å². The van der Waals surface area contributed by atoms with Crippen LogP contribution < -0.4 is 10.6 Å². The molecular weight excluding hydrogens is 336 g/mol. The van der Waals surface area contributed by atoms with Crippen molar-refractivity contribution in [2.75, 3.05) is 25.5 Å². The predicted octanol–water partition coefficient (Wildman–Crippen LogP) is 1.75. The van der Waals surface area contributed by atoms with Crippen LogP contribution in [0.5, 0.6) is 0 Å². The monoisotopic (exact) mass is 360 g/mol. The van der Waals surface area contributed by atoms with Gasteiger partial charge in [0.2, 0.25) is 0 Å². The average molecular weight is 360 g/mol. The molecule has 2 N–H and O–H groups in total. The molecule has 1 rings (SSSR count). The van der Waals surface area contributed by atoms with Crippen molar-refractivity contribution in [3.05, 3.63) is 30.3 Å². The Morgan fingerprint density at radius 3 is 2.46 bits per heavy atom. The second-order valence-electron chi connectivity index (χ2n) is 6.02. The molecule has 140 valence electrons. The Morgan fingerprint density at radius 2 is 1.88 bits per heavy atom. The van der Waals surface area contributed by atoms with Gasteiger partial charge in [-0.05, 0) is 18.1 Å². The van der Waals surface area contributed by atoms with E-state index >= 15 is 0 Å². The van der Waals surface area contributed by atoms with Crippen LogP contribution >= 0.6 is 0 Å². The first-order chi connectivity index (χ1) is 12.3. The molecule has 0 bridgehead atoms. The van der Waals surface area contributed by atoms with Gasteiger partial charge >= 0.3 is 12.0 Å². The van der Waals surface area contributed by atoms with Crippen molar-refractivity contribution >= 4 is 23.6 Å². The number of nitriles is 1. The molecule has 0 saturated carbocycles. The zero-order valence-electron chi connectivity index (χ0n) is 15.2. The number of carbonyl (C=O) groups excluding carboxylic acids is 3. The number of ether oxygens (including phenoxy) is 1. The largest absolute Gasteiger partial charge is 0.454 e. The fourth-order valence-electron chi connectivity index (χ4n) is 2.00. The molecule has 0 aliphatic rings. The van der Waals surface area contributed by atoms with E-state index in [-0.39, 0.29) is 18.9 Å². The van der Waals surface area contributed by atoms with Crippen LogP contribution in [-0.4, -0.2) is 49.0 Å². The van der Waals surface area contributed by atoms with E-state index in [4.69, 9.17) is 10.00 Å². The highest BCUT2D eigenvalue weighted by Gasteiger charge is 2.26. The molecule has 0 unspecified atom stereocenters. The lowest BCUT2D eigenvalue weighted by Crippen LogP contribution is -2.47. The van der Waals surface area contributed by atoms with Crippen molar-refractivity contribution in [1.82, 2.24) is 10.2 Å². The van der Waals surface area contributed by atoms with E-state index in [1.165, 1.54) is 11.9 Å². The summed E-state index contributed by atoms with van der Waals surface area (Å²) in [7, 11) is 1.53. The summed E-state index contributed by atoms with van der Waals surface area (Å²) in [6.07, 6.45) is 0.200. The molecule has 26 heavy (non-hydrogen) atoms. The number of hydrogen-bond acceptors (Lipinski definition) is 5. The van der Waals surface area contributed by atoms with Gasteiger partial charge in [0.15, 0.2) is 6.61 Å². The number of para-hydroxylation sites is 1. The molecule has 3 amide bonds. The van der Waals surface area contributed by atoms with Gasteiger partial charge < -0.3 is 20.3 Å². The standard InChI is InChI=1S/C18H24N4O4/c1-13(2)16(21-18(25)20-14-8-5-4-6-9-14)17(24)26-12-15(23)22(3)11-7-10-19/h4-6,8-9,13,16H,7,11-12H2,1-3H3,(H2,20,21,25)/t16-/m1/s1. The topological polar surface area (TPSA) is 112 Å². The van der Waals surface area contributed by atoms with E-state index in [0.717, 1.165) is 0 Å². The summed E-state index contributed by atoms with van der Waals surface area (Å²) in [5.41, 5.74) is 0.593. The number of anilines is 1. The van der Waals surface area contributed by atoms with Crippen LogP contribution in [0.25, 0.3) is 0 Å². The number of likely N-dealkylation sites (N-methyl/N-ethyl adjacent to an activating group) is 1. The van der Waals surface area contributed by atoms with Crippen molar-refractivity contribution in [3.8, 4) is 6.07 Å². The number of rotatable bonds is 8. The summed E-state index contributed by atoms with van der Waals surface area (Å²) in [5.74, 6) is -1.33. The summed E-state index contributed by atoms with van der Waals surface area (Å²) in [6, 6.07) is 9.32. The lowest BCUT2D eigenvalue weighted by molar-refractivity contribution is -0.153. The fraction of sp³-hybridized carbons (Fsp3) is 0.444. The van der Waals surface area contributed by atoms with E-state index in [1.807, 2.05) is 12.1 Å². The SMILES string of the molecule is CC(C)[C@@H](NC(=O)Nc1ccccc1)C(=O)OCC(=O)N(C)CCC#N. The van der Waals surface area contributed by atoms with E-state index in [0.29, 0.717) is 5.69 Å². The molecule has 0 heterocycles. The van der Waals surface area contributed by atoms with E-state index < -0.39 is 30.6 Å². The first kappa shape index (κ1) is 21.0. The van der Waals surface area contributed by atoms with Crippen LogP contribution in [0.2, 0.25) is 0 Å². The normalized spacial score (nSPS) is 11.2. The van der Waals surface area contributed by atoms with Crippen molar-refractivity contribution in [3.63, 3.8) is 0 Å². The Balaban J connectivity index is 2.55. The fourth-order valence-corrected chi connectivity index (χ4v) is 2.00. The Hall–Kier alpha value is -3.08. The van der Waals surface area contributed by atoms with Gasteiger partial charge in [0, 0.05) is 19.3 Å². The quantitative estimate of drug-likeness (QED) is 0.686. The highest BCUT2D eigenvalue weighted by molar-refractivity contribution is 5.93. The molecule has 0 radical (unpaired) electrons. The Kier molecular flexibility index (Phi) is 8.64. The molecular formula is C18H24N4O4. The number of urea groups is 1. The van der Waals surface area contributed by atoms with Gasteiger partial charge in [0.25, 0.3) is 5.91 Å². The Morgan fingerprint density at radius 1 is 1.23 bits per heavy atom. The minimum Gasteiger partial charge on any atom is -0.454 e. The van der Waals surface area contributed by atoms with Crippen molar-refractivity contribution in [1.29, 1.82) is 5.26 Å². The molecule has 0 aliphatic heterocycles. The first-order valence-electron chi connectivity index (χ1n) is 8.25. The summed E-state index contributed by atoms with van der Waals surface area (Å²) < 4.78 is 5.02. The Bertz CT molecular complexity index is 655. The van der Waals surface area contributed by atoms with Gasteiger partial charge in [0.1, 0.15) is 6.04 Å². The summed E-state index contributed by atoms with van der Waals surface area (Å²) >= 11 is 0. The van der Waals surface area contributed by atoms with Crippen molar-refractivity contribution in [2.24, 2.45) is 5.92 Å². The molecule has 0 aliphatic carbocycles. The lowest BCUT2D eigenvalue weighted by atomic mass is 10.1. The number of esters is 1. The second kappa shape index (κ2) is 10.7. The number of amides is 3. The number of nitrogens with zero attached hydrogens (tertiary/aromatic N) is 2. The van der Waals surface area contributed by atoms with Crippen molar-refractivity contribution in [2.45, 2.75) is 26.3 Å². The third-order valence-corrected chi connectivity index (χ3v) is 3.56. The number of carbonyl (C=O) groups is 3. The number of nitrogens with one attached hydrogen (secondary N) is 2. The molecule has 1 atom stereocenters. The minimum atomic E-state index is -0.893. The molecule has 1 aromatic carbocycles. The third kappa shape index (κ3) is 7.21. The van der Waals surface area contributed by atoms with Gasteiger partial charge in [-0.1, -0.05) is 32.0 Å². The highest BCUT2D eigenvalue weighted by atomic mass is 16.5. The molecule has 8 heteroatoms. The Labute approximate surface area is 153 Å². The highest BCUT2D eigenvalue weighted by Crippen LogP contribution is 2.07. The van der Waals surface area contributed by atoms with Crippen LogP contribution in [0.1, 0.15) is 20.3 Å². The third-order valence-electron chi connectivity index (χ3n) is 3.56. The minimum absolute atomic E-state index is 0.200. The zero-order chi connectivity index (χ0) is 19.5. The number of hydrogen-bond donors (Lipinski definition) is 2. The van der Waals surface area contributed by atoms with Crippen LogP contribution in [0, 0.1) is 17.2 Å². The second-order valence-corrected chi connectivity index (χ2v) is 6.02.